The number of carbonyl (C=O) groups is 1. The predicted octanol–water partition coefficient (Wildman–Crippen LogP) is 3.83. The number of para-hydroxylation sites is 1. The summed E-state index contributed by atoms with van der Waals surface area (Å²) in [7, 11) is 0. The van der Waals surface area contributed by atoms with Crippen molar-refractivity contribution in [1.82, 2.24) is 0 Å². The fourth-order valence-electron chi connectivity index (χ4n) is 2.50. The maximum absolute atomic E-state index is 12.4. The molecule has 1 fully saturated rings. The summed E-state index contributed by atoms with van der Waals surface area (Å²) < 4.78 is 0. The predicted molar refractivity (Wildman–Crippen MR) is 75.7 cm³/mol. The molecule has 0 bridgehead atoms. The lowest BCUT2D eigenvalue weighted by atomic mass is 9.75. The van der Waals surface area contributed by atoms with Gasteiger partial charge >= 0.3 is 0 Å². The maximum Gasteiger partial charge on any atom is 0.230 e. The lowest BCUT2D eigenvalue weighted by Crippen LogP contribution is -2.35. The Hall–Kier alpha value is -1.22. The molecule has 98 valence electrons. The van der Waals surface area contributed by atoms with Crippen molar-refractivity contribution >= 4 is 28.9 Å². The highest BCUT2D eigenvalue weighted by molar-refractivity contribution is 6.34. The molecule has 1 saturated carbocycles. The first kappa shape index (κ1) is 13.2. The third kappa shape index (κ3) is 2.61. The summed E-state index contributed by atoms with van der Waals surface area (Å²) in [6.07, 6.45) is 5.31. The average Bonchev–Trinajstić information content (AvgIpc) is 2.34. The van der Waals surface area contributed by atoms with E-state index in [9.17, 15) is 4.79 Å². The van der Waals surface area contributed by atoms with E-state index in [0.29, 0.717) is 16.4 Å². The summed E-state index contributed by atoms with van der Waals surface area (Å²) in [6, 6.07) is 5.25. The van der Waals surface area contributed by atoms with Gasteiger partial charge in [0.15, 0.2) is 0 Å². The highest BCUT2D eigenvalue weighted by atomic mass is 35.5. The number of benzene rings is 1. The van der Waals surface area contributed by atoms with Crippen LogP contribution in [-0.2, 0) is 4.79 Å². The minimum absolute atomic E-state index is 0.0296. The van der Waals surface area contributed by atoms with Crippen LogP contribution >= 0.6 is 11.6 Å². The Morgan fingerprint density at radius 2 is 2.00 bits per heavy atom. The van der Waals surface area contributed by atoms with E-state index in [1.165, 1.54) is 6.42 Å². The van der Waals surface area contributed by atoms with E-state index in [0.717, 1.165) is 25.7 Å². The van der Waals surface area contributed by atoms with Crippen LogP contribution in [0.25, 0.3) is 0 Å². The Morgan fingerprint density at radius 1 is 1.33 bits per heavy atom. The standard InChI is InChI=1S/C14H19ClN2O/c1-14(8-3-2-4-9-14)13(18)17-12-10(15)6-5-7-11(12)16/h5-7H,2-4,8-9,16H2,1H3,(H,17,18). The molecule has 0 radical (unpaired) electrons. The second kappa shape index (κ2) is 5.19. The smallest absolute Gasteiger partial charge is 0.230 e. The molecule has 0 aromatic heterocycles. The summed E-state index contributed by atoms with van der Waals surface area (Å²) in [5.74, 6) is 0.0296. The Morgan fingerprint density at radius 3 is 2.61 bits per heavy atom. The number of rotatable bonds is 2. The Bertz CT molecular complexity index is 433. The molecule has 1 aliphatic rings. The molecular weight excluding hydrogens is 248 g/mol. The van der Waals surface area contributed by atoms with Gasteiger partial charge in [0, 0.05) is 5.41 Å². The van der Waals surface area contributed by atoms with Crippen LogP contribution in [0.2, 0.25) is 5.02 Å². The van der Waals surface area contributed by atoms with Crippen LogP contribution in [0.4, 0.5) is 11.4 Å². The molecule has 0 unspecified atom stereocenters. The molecular formula is C14H19ClN2O. The second-order valence-corrected chi connectivity index (χ2v) is 5.69. The van der Waals surface area contributed by atoms with Crippen molar-refractivity contribution in [1.29, 1.82) is 0 Å². The van der Waals surface area contributed by atoms with E-state index in [1.807, 2.05) is 6.92 Å². The minimum Gasteiger partial charge on any atom is -0.397 e. The number of amides is 1. The normalized spacial score (nSPS) is 18.3. The van der Waals surface area contributed by atoms with Crippen molar-refractivity contribution < 1.29 is 4.79 Å². The van der Waals surface area contributed by atoms with Crippen molar-refractivity contribution in [3.8, 4) is 0 Å². The quantitative estimate of drug-likeness (QED) is 0.800. The maximum atomic E-state index is 12.4. The summed E-state index contributed by atoms with van der Waals surface area (Å²) in [4.78, 5) is 12.4. The molecule has 0 atom stereocenters. The van der Waals surface area contributed by atoms with Gasteiger partial charge in [0.05, 0.1) is 16.4 Å². The summed E-state index contributed by atoms with van der Waals surface area (Å²) in [5, 5.41) is 3.38. The zero-order valence-corrected chi connectivity index (χ0v) is 11.4. The first-order chi connectivity index (χ1) is 8.53. The van der Waals surface area contributed by atoms with Crippen molar-refractivity contribution in [2.45, 2.75) is 39.0 Å². The number of nitrogen functional groups attached to an aromatic ring is 1. The van der Waals surface area contributed by atoms with Gasteiger partial charge in [-0.2, -0.15) is 0 Å². The third-order valence-corrected chi connectivity index (χ3v) is 4.10. The highest BCUT2D eigenvalue weighted by Crippen LogP contribution is 2.38. The van der Waals surface area contributed by atoms with Gasteiger partial charge in [-0.3, -0.25) is 4.79 Å². The zero-order valence-electron chi connectivity index (χ0n) is 10.6. The van der Waals surface area contributed by atoms with Gasteiger partial charge in [-0.1, -0.05) is 43.9 Å². The molecule has 18 heavy (non-hydrogen) atoms. The molecule has 0 aliphatic heterocycles. The van der Waals surface area contributed by atoms with Crippen LogP contribution in [0.1, 0.15) is 39.0 Å². The van der Waals surface area contributed by atoms with Crippen LogP contribution in [0.5, 0.6) is 0 Å². The average molecular weight is 267 g/mol. The number of carbonyl (C=O) groups excluding carboxylic acids is 1. The Kier molecular flexibility index (Phi) is 3.81. The largest absolute Gasteiger partial charge is 0.397 e. The van der Waals surface area contributed by atoms with Gasteiger partial charge in [-0.25, -0.2) is 0 Å². The molecule has 0 saturated heterocycles. The van der Waals surface area contributed by atoms with Crippen LogP contribution in [0.15, 0.2) is 18.2 Å². The summed E-state index contributed by atoms with van der Waals surface area (Å²) >= 11 is 6.06. The fourth-order valence-corrected chi connectivity index (χ4v) is 2.73. The number of halogens is 1. The van der Waals surface area contributed by atoms with Crippen LogP contribution in [0, 0.1) is 5.41 Å². The third-order valence-electron chi connectivity index (χ3n) is 3.79. The van der Waals surface area contributed by atoms with Crippen molar-refractivity contribution in [2.24, 2.45) is 5.41 Å². The molecule has 0 heterocycles. The number of nitrogens with one attached hydrogen (secondary N) is 1. The Labute approximate surface area is 113 Å². The second-order valence-electron chi connectivity index (χ2n) is 5.28. The van der Waals surface area contributed by atoms with Crippen molar-refractivity contribution in [2.75, 3.05) is 11.1 Å². The molecule has 3 N–H and O–H groups in total. The summed E-state index contributed by atoms with van der Waals surface area (Å²) in [6.45, 7) is 2.02. The fraction of sp³-hybridized carbons (Fsp3) is 0.500. The van der Waals surface area contributed by atoms with Gasteiger partial charge in [-0.15, -0.1) is 0 Å². The molecule has 2 rings (SSSR count). The zero-order chi connectivity index (χ0) is 13.2. The number of nitrogens with two attached hydrogens (primary N) is 1. The molecule has 1 amide bonds. The molecule has 0 spiro atoms. The molecule has 1 aromatic carbocycles. The van der Waals surface area contributed by atoms with E-state index in [1.54, 1.807) is 18.2 Å². The van der Waals surface area contributed by atoms with Crippen molar-refractivity contribution in [3.63, 3.8) is 0 Å². The summed E-state index contributed by atoms with van der Waals surface area (Å²) in [5.41, 5.74) is 6.60. The monoisotopic (exact) mass is 266 g/mol. The first-order valence-corrected chi connectivity index (χ1v) is 6.76. The number of hydrogen-bond donors (Lipinski definition) is 2. The SMILES string of the molecule is CC1(C(=O)Nc2c(N)cccc2Cl)CCCCC1. The van der Waals surface area contributed by atoms with Crippen LogP contribution in [0.3, 0.4) is 0 Å². The molecule has 1 aromatic rings. The Balaban J connectivity index is 2.16. The van der Waals surface area contributed by atoms with E-state index >= 15 is 0 Å². The van der Waals surface area contributed by atoms with Gasteiger partial charge in [-0.05, 0) is 25.0 Å². The van der Waals surface area contributed by atoms with E-state index in [-0.39, 0.29) is 11.3 Å². The van der Waals surface area contributed by atoms with Crippen LogP contribution < -0.4 is 11.1 Å². The first-order valence-electron chi connectivity index (χ1n) is 6.38. The van der Waals surface area contributed by atoms with Gasteiger partial charge in [0.2, 0.25) is 5.91 Å². The molecule has 4 heteroatoms. The topological polar surface area (TPSA) is 55.1 Å². The van der Waals surface area contributed by atoms with E-state index in [2.05, 4.69) is 5.32 Å². The van der Waals surface area contributed by atoms with E-state index in [4.69, 9.17) is 17.3 Å². The van der Waals surface area contributed by atoms with Crippen molar-refractivity contribution in [3.05, 3.63) is 23.2 Å². The lowest BCUT2D eigenvalue weighted by molar-refractivity contribution is -0.126. The van der Waals surface area contributed by atoms with E-state index < -0.39 is 0 Å². The minimum atomic E-state index is -0.288. The highest BCUT2D eigenvalue weighted by Gasteiger charge is 2.34. The lowest BCUT2D eigenvalue weighted by Gasteiger charge is -2.32. The van der Waals surface area contributed by atoms with Gasteiger partial charge in [0.25, 0.3) is 0 Å². The van der Waals surface area contributed by atoms with Gasteiger partial charge < -0.3 is 11.1 Å². The van der Waals surface area contributed by atoms with Crippen LogP contribution in [-0.4, -0.2) is 5.91 Å². The molecule has 3 nitrogen and oxygen atoms in total. The van der Waals surface area contributed by atoms with Gasteiger partial charge in [0.1, 0.15) is 0 Å². The number of hydrogen-bond acceptors (Lipinski definition) is 2. The number of anilines is 2. The molecule has 1 aliphatic carbocycles.